The molecule has 1 aliphatic carbocycles. The second kappa shape index (κ2) is 6.09. The van der Waals surface area contributed by atoms with Crippen LogP contribution in [0.5, 0.6) is 0 Å². The molecule has 21 heavy (non-hydrogen) atoms. The first-order valence-corrected chi connectivity index (χ1v) is 6.93. The van der Waals surface area contributed by atoms with E-state index >= 15 is 0 Å². The van der Waals surface area contributed by atoms with Gasteiger partial charge in [-0.25, -0.2) is 0 Å². The van der Waals surface area contributed by atoms with E-state index in [0.717, 1.165) is 12.8 Å². The van der Waals surface area contributed by atoms with Crippen molar-refractivity contribution in [3.05, 3.63) is 33.9 Å². The fourth-order valence-corrected chi connectivity index (χ4v) is 2.09. The van der Waals surface area contributed by atoms with Crippen molar-refractivity contribution < 1.29 is 14.8 Å². The Balaban J connectivity index is 2.17. The van der Waals surface area contributed by atoms with Crippen LogP contribution in [0.3, 0.4) is 0 Å². The molecule has 1 aromatic rings. The van der Waals surface area contributed by atoms with E-state index < -0.39 is 4.92 Å². The van der Waals surface area contributed by atoms with E-state index in [1.807, 2.05) is 0 Å². The number of amides is 1. The van der Waals surface area contributed by atoms with Crippen LogP contribution in [-0.2, 0) is 0 Å². The van der Waals surface area contributed by atoms with Crippen molar-refractivity contribution in [3.8, 4) is 0 Å². The molecule has 0 bridgehead atoms. The summed E-state index contributed by atoms with van der Waals surface area (Å²) in [7, 11) is 0. The number of rotatable bonds is 7. The van der Waals surface area contributed by atoms with Crippen LogP contribution in [0.2, 0.25) is 0 Å². The van der Waals surface area contributed by atoms with Gasteiger partial charge in [0.2, 0.25) is 0 Å². The summed E-state index contributed by atoms with van der Waals surface area (Å²) in [6.07, 6.45) is 1.84. The topological polar surface area (TPSA) is 104 Å². The third kappa shape index (κ3) is 3.49. The molecule has 2 rings (SSSR count). The van der Waals surface area contributed by atoms with Gasteiger partial charge in [0, 0.05) is 30.1 Å². The van der Waals surface area contributed by atoms with Gasteiger partial charge in [0.05, 0.1) is 11.5 Å². The minimum Gasteiger partial charge on any atom is -0.396 e. The fraction of sp³-hybridized carbons (Fsp3) is 0.500. The smallest absolute Gasteiger partial charge is 0.293 e. The fourth-order valence-electron chi connectivity index (χ4n) is 2.09. The number of benzene rings is 1. The highest BCUT2D eigenvalue weighted by Crippen LogP contribution is 2.45. The molecule has 0 aliphatic heterocycles. The first-order valence-electron chi connectivity index (χ1n) is 6.93. The van der Waals surface area contributed by atoms with Crippen molar-refractivity contribution in [2.75, 3.05) is 25.0 Å². The Kier molecular flexibility index (Phi) is 4.42. The molecular weight excluding hydrogens is 274 g/mol. The van der Waals surface area contributed by atoms with Gasteiger partial charge in [-0.3, -0.25) is 14.9 Å². The number of carbonyl (C=O) groups excluding carboxylic acids is 1. The van der Waals surface area contributed by atoms with Crippen LogP contribution in [0, 0.1) is 15.5 Å². The van der Waals surface area contributed by atoms with Gasteiger partial charge in [0.25, 0.3) is 11.6 Å². The average molecular weight is 293 g/mol. The summed E-state index contributed by atoms with van der Waals surface area (Å²) in [5.41, 5.74) is 0.351. The molecule has 3 N–H and O–H groups in total. The normalized spacial score (nSPS) is 15.3. The summed E-state index contributed by atoms with van der Waals surface area (Å²) in [5.74, 6) is -0.332. The summed E-state index contributed by atoms with van der Waals surface area (Å²) >= 11 is 0. The minimum absolute atomic E-state index is 0.0742. The average Bonchev–Trinajstić information content (AvgIpc) is 3.25. The zero-order valence-corrected chi connectivity index (χ0v) is 11.9. The molecule has 0 atom stereocenters. The molecular formula is C14H19N3O4. The van der Waals surface area contributed by atoms with Crippen molar-refractivity contribution in [1.82, 2.24) is 5.32 Å². The van der Waals surface area contributed by atoms with Crippen LogP contribution in [0.4, 0.5) is 11.4 Å². The summed E-state index contributed by atoms with van der Waals surface area (Å²) in [5, 5.41) is 26.0. The van der Waals surface area contributed by atoms with E-state index in [0.29, 0.717) is 18.8 Å². The van der Waals surface area contributed by atoms with Crippen LogP contribution >= 0.6 is 0 Å². The molecule has 114 valence electrons. The molecule has 0 radical (unpaired) electrons. The molecule has 0 unspecified atom stereocenters. The Hall–Kier alpha value is -2.15. The lowest BCUT2D eigenvalue weighted by atomic mass is 10.1. The second-order valence-electron chi connectivity index (χ2n) is 5.36. The Labute approximate surface area is 122 Å². The maximum Gasteiger partial charge on any atom is 0.293 e. The molecule has 0 heterocycles. The third-order valence-corrected chi connectivity index (χ3v) is 3.74. The summed E-state index contributed by atoms with van der Waals surface area (Å²) < 4.78 is 0. The van der Waals surface area contributed by atoms with Gasteiger partial charge in [-0.2, -0.15) is 0 Å². The Morgan fingerprint density at radius 3 is 2.71 bits per heavy atom. The predicted molar refractivity (Wildman–Crippen MR) is 78.3 cm³/mol. The van der Waals surface area contributed by atoms with E-state index in [2.05, 4.69) is 10.6 Å². The van der Waals surface area contributed by atoms with Gasteiger partial charge in [-0.05, 0) is 31.9 Å². The summed E-state index contributed by atoms with van der Waals surface area (Å²) in [6, 6.07) is 4.36. The zero-order chi connectivity index (χ0) is 15.5. The van der Waals surface area contributed by atoms with Gasteiger partial charge in [0.15, 0.2) is 0 Å². The van der Waals surface area contributed by atoms with Crippen molar-refractivity contribution in [2.45, 2.75) is 19.8 Å². The van der Waals surface area contributed by atoms with Crippen LogP contribution in [-0.4, -0.2) is 35.6 Å². The SMILES string of the molecule is CCNC(=O)c1ccc(NCC2(CO)CC2)c([N+](=O)[O-])c1. The minimum atomic E-state index is -0.510. The Morgan fingerprint density at radius 2 is 2.19 bits per heavy atom. The number of nitrogens with zero attached hydrogens (tertiary/aromatic N) is 1. The number of aliphatic hydroxyl groups excluding tert-OH is 1. The predicted octanol–water partition coefficient (Wildman–Crippen LogP) is 1.53. The molecule has 1 saturated carbocycles. The molecule has 1 aromatic carbocycles. The maximum atomic E-state index is 11.7. The highest BCUT2D eigenvalue weighted by atomic mass is 16.6. The quantitative estimate of drug-likeness (QED) is 0.522. The highest BCUT2D eigenvalue weighted by molar-refractivity contribution is 5.95. The number of carbonyl (C=O) groups is 1. The molecule has 7 nitrogen and oxygen atoms in total. The molecule has 0 aromatic heterocycles. The highest BCUT2D eigenvalue weighted by Gasteiger charge is 2.42. The van der Waals surface area contributed by atoms with Gasteiger partial charge in [0.1, 0.15) is 5.69 Å². The van der Waals surface area contributed by atoms with Gasteiger partial charge < -0.3 is 15.7 Å². The van der Waals surface area contributed by atoms with Crippen LogP contribution in [0.1, 0.15) is 30.1 Å². The third-order valence-electron chi connectivity index (χ3n) is 3.74. The lowest BCUT2D eigenvalue weighted by molar-refractivity contribution is -0.384. The maximum absolute atomic E-state index is 11.7. The van der Waals surface area contributed by atoms with Crippen LogP contribution < -0.4 is 10.6 Å². The van der Waals surface area contributed by atoms with Crippen molar-refractivity contribution in [2.24, 2.45) is 5.41 Å². The van der Waals surface area contributed by atoms with E-state index in [-0.39, 0.29) is 29.2 Å². The first-order chi connectivity index (χ1) is 10.0. The Bertz CT molecular complexity index is 555. The summed E-state index contributed by atoms with van der Waals surface area (Å²) in [4.78, 5) is 22.4. The van der Waals surface area contributed by atoms with Crippen molar-refractivity contribution >= 4 is 17.3 Å². The number of hydrogen-bond acceptors (Lipinski definition) is 5. The molecule has 1 aliphatic rings. The van der Waals surface area contributed by atoms with Gasteiger partial charge in [-0.15, -0.1) is 0 Å². The molecule has 1 amide bonds. The number of nitro benzene ring substituents is 1. The summed E-state index contributed by atoms with van der Waals surface area (Å²) in [6.45, 7) is 2.81. The molecule has 7 heteroatoms. The first kappa shape index (κ1) is 15.2. The Morgan fingerprint density at radius 1 is 1.48 bits per heavy atom. The van der Waals surface area contributed by atoms with Gasteiger partial charge >= 0.3 is 0 Å². The number of hydrogen-bond donors (Lipinski definition) is 3. The van der Waals surface area contributed by atoms with Gasteiger partial charge in [-0.1, -0.05) is 0 Å². The molecule has 0 saturated heterocycles. The zero-order valence-electron chi connectivity index (χ0n) is 11.9. The monoisotopic (exact) mass is 293 g/mol. The van der Waals surface area contributed by atoms with Crippen LogP contribution in [0.15, 0.2) is 18.2 Å². The number of anilines is 1. The standard InChI is InChI=1S/C14H19N3O4/c1-2-15-13(19)10-3-4-11(12(7-10)17(20)21)16-8-14(9-18)5-6-14/h3-4,7,16,18H,2,5-6,8-9H2,1H3,(H,15,19). The van der Waals surface area contributed by atoms with Crippen LogP contribution in [0.25, 0.3) is 0 Å². The number of nitrogens with one attached hydrogen (secondary N) is 2. The van der Waals surface area contributed by atoms with E-state index in [1.54, 1.807) is 13.0 Å². The van der Waals surface area contributed by atoms with Crippen molar-refractivity contribution in [1.29, 1.82) is 0 Å². The molecule has 1 fully saturated rings. The van der Waals surface area contributed by atoms with E-state index in [4.69, 9.17) is 0 Å². The van der Waals surface area contributed by atoms with Crippen molar-refractivity contribution in [3.63, 3.8) is 0 Å². The lowest BCUT2D eigenvalue weighted by Crippen LogP contribution is -2.23. The number of aliphatic hydroxyl groups is 1. The largest absolute Gasteiger partial charge is 0.396 e. The van der Waals surface area contributed by atoms with E-state index in [1.165, 1.54) is 12.1 Å². The van der Waals surface area contributed by atoms with E-state index in [9.17, 15) is 20.0 Å². The molecule has 0 spiro atoms. The lowest BCUT2D eigenvalue weighted by Gasteiger charge is -2.14. The number of nitro groups is 1. The second-order valence-corrected chi connectivity index (χ2v) is 5.36.